The van der Waals surface area contributed by atoms with E-state index in [1.54, 1.807) is 31.2 Å². The van der Waals surface area contributed by atoms with Crippen LogP contribution in [0, 0.1) is 5.82 Å². The van der Waals surface area contributed by atoms with Crippen molar-refractivity contribution in [3.05, 3.63) is 29.6 Å². The van der Waals surface area contributed by atoms with Gasteiger partial charge in [0.05, 0.1) is 19.3 Å². The first-order valence-electron chi connectivity index (χ1n) is 6.88. The molecule has 1 heterocycles. The number of rotatable bonds is 5. The number of methoxy groups -OCH3 is 2. The van der Waals surface area contributed by atoms with Gasteiger partial charge in [0.2, 0.25) is 5.91 Å². The minimum atomic E-state index is -0.422. The van der Waals surface area contributed by atoms with Crippen molar-refractivity contribution in [3.63, 3.8) is 0 Å². The van der Waals surface area contributed by atoms with E-state index in [9.17, 15) is 9.18 Å². The van der Waals surface area contributed by atoms with E-state index in [-0.39, 0.29) is 23.8 Å². The Hall–Kier alpha value is -1.66. The van der Waals surface area contributed by atoms with E-state index in [0.717, 1.165) is 5.56 Å². The molecule has 116 valence electrons. The summed E-state index contributed by atoms with van der Waals surface area (Å²) in [5, 5.41) is 3.14. The lowest BCUT2D eigenvalue weighted by Gasteiger charge is -2.21. The van der Waals surface area contributed by atoms with Gasteiger partial charge in [-0.25, -0.2) is 4.39 Å². The molecule has 21 heavy (non-hydrogen) atoms. The molecule has 0 radical (unpaired) electrons. The zero-order valence-electron chi connectivity index (χ0n) is 12.6. The number of nitrogens with zero attached hydrogens (tertiary/aromatic N) is 1. The Kier molecular flexibility index (Phi) is 5.14. The van der Waals surface area contributed by atoms with Crippen molar-refractivity contribution in [1.82, 2.24) is 10.2 Å². The average Bonchev–Trinajstić information content (AvgIpc) is 2.95. The Morgan fingerprint density at radius 1 is 1.48 bits per heavy atom. The summed E-state index contributed by atoms with van der Waals surface area (Å²) in [5.41, 5.74) is 0.727. The topological polar surface area (TPSA) is 50.8 Å². The highest BCUT2D eigenvalue weighted by molar-refractivity contribution is 5.82. The highest BCUT2D eigenvalue weighted by Gasteiger charge is 2.31. The fraction of sp³-hybridized carbons (Fsp3) is 0.533. The molecule has 0 aliphatic carbocycles. The minimum absolute atomic E-state index is 0.00854. The molecule has 2 unspecified atom stereocenters. The SMILES string of the molecule is COc1ccc(CN(C)C(=O)C2CC(OC)CN2)cc1F. The van der Waals surface area contributed by atoms with Crippen LogP contribution in [-0.2, 0) is 16.1 Å². The summed E-state index contributed by atoms with van der Waals surface area (Å²) in [7, 11) is 4.78. The molecule has 0 bridgehead atoms. The summed E-state index contributed by atoms with van der Waals surface area (Å²) in [6.45, 7) is 1.04. The number of halogens is 1. The zero-order valence-corrected chi connectivity index (χ0v) is 12.6. The molecule has 2 rings (SSSR count). The number of likely N-dealkylation sites (N-methyl/N-ethyl adjacent to an activating group) is 1. The van der Waals surface area contributed by atoms with Crippen molar-refractivity contribution in [2.45, 2.75) is 25.1 Å². The summed E-state index contributed by atoms with van der Waals surface area (Å²) in [4.78, 5) is 13.9. The van der Waals surface area contributed by atoms with Gasteiger partial charge in [-0.3, -0.25) is 4.79 Å². The molecule has 1 aromatic carbocycles. The summed E-state index contributed by atoms with van der Waals surface area (Å²) in [6, 6.07) is 4.48. The highest BCUT2D eigenvalue weighted by Crippen LogP contribution is 2.19. The van der Waals surface area contributed by atoms with Gasteiger partial charge in [0, 0.05) is 27.2 Å². The zero-order chi connectivity index (χ0) is 15.4. The van der Waals surface area contributed by atoms with Crippen molar-refractivity contribution in [2.75, 3.05) is 27.8 Å². The smallest absolute Gasteiger partial charge is 0.239 e. The van der Waals surface area contributed by atoms with Gasteiger partial charge in [0.25, 0.3) is 0 Å². The molecule has 1 aromatic rings. The maximum absolute atomic E-state index is 13.6. The van der Waals surface area contributed by atoms with Crippen LogP contribution in [0.2, 0.25) is 0 Å². The molecule has 1 aliphatic heterocycles. The quantitative estimate of drug-likeness (QED) is 0.886. The van der Waals surface area contributed by atoms with Crippen LogP contribution in [0.25, 0.3) is 0 Å². The Morgan fingerprint density at radius 2 is 2.24 bits per heavy atom. The second kappa shape index (κ2) is 6.87. The third kappa shape index (κ3) is 3.71. The van der Waals surface area contributed by atoms with Crippen LogP contribution in [0.4, 0.5) is 4.39 Å². The summed E-state index contributed by atoms with van der Waals surface area (Å²) >= 11 is 0. The number of amides is 1. The fourth-order valence-electron chi connectivity index (χ4n) is 2.50. The molecule has 1 saturated heterocycles. The predicted molar refractivity (Wildman–Crippen MR) is 76.6 cm³/mol. The number of hydrogen-bond donors (Lipinski definition) is 1. The molecule has 1 aliphatic rings. The van der Waals surface area contributed by atoms with E-state index in [1.807, 2.05) is 0 Å². The molecule has 1 fully saturated rings. The van der Waals surface area contributed by atoms with Crippen molar-refractivity contribution in [2.24, 2.45) is 0 Å². The van der Waals surface area contributed by atoms with E-state index in [4.69, 9.17) is 9.47 Å². The second-order valence-electron chi connectivity index (χ2n) is 5.22. The van der Waals surface area contributed by atoms with E-state index >= 15 is 0 Å². The van der Waals surface area contributed by atoms with Gasteiger partial charge in [-0.15, -0.1) is 0 Å². The Labute approximate surface area is 124 Å². The molecule has 1 amide bonds. The lowest BCUT2D eigenvalue weighted by atomic mass is 10.1. The van der Waals surface area contributed by atoms with Gasteiger partial charge in [-0.2, -0.15) is 0 Å². The van der Waals surface area contributed by atoms with Crippen LogP contribution in [0.1, 0.15) is 12.0 Å². The van der Waals surface area contributed by atoms with Crippen LogP contribution >= 0.6 is 0 Å². The van der Waals surface area contributed by atoms with Crippen molar-refractivity contribution in [1.29, 1.82) is 0 Å². The number of benzene rings is 1. The van der Waals surface area contributed by atoms with Crippen LogP contribution in [0.5, 0.6) is 5.75 Å². The molecular formula is C15H21FN2O3. The summed E-state index contributed by atoms with van der Waals surface area (Å²) in [6.07, 6.45) is 0.738. The Morgan fingerprint density at radius 3 is 2.81 bits per heavy atom. The lowest BCUT2D eigenvalue weighted by molar-refractivity contribution is -0.132. The first-order valence-corrected chi connectivity index (χ1v) is 6.88. The van der Waals surface area contributed by atoms with Crippen molar-refractivity contribution < 1.29 is 18.7 Å². The normalized spacial score (nSPS) is 21.3. The summed E-state index contributed by atoms with van der Waals surface area (Å²) < 4.78 is 23.8. The molecule has 2 atom stereocenters. The third-order valence-corrected chi connectivity index (χ3v) is 3.73. The number of nitrogens with one attached hydrogen (secondary N) is 1. The lowest BCUT2D eigenvalue weighted by Crippen LogP contribution is -2.41. The van der Waals surface area contributed by atoms with Crippen LogP contribution in [-0.4, -0.2) is 50.8 Å². The second-order valence-corrected chi connectivity index (χ2v) is 5.22. The minimum Gasteiger partial charge on any atom is -0.494 e. The molecule has 0 spiro atoms. The predicted octanol–water partition coefficient (Wildman–Crippen LogP) is 1.17. The van der Waals surface area contributed by atoms with Crippen LogP contribution in [0.3, 0.4) is 0 Å². The van der Waals surface area contributed by atoms with Gasteiger partial charge >= 0.3 is 0 Å². The standard InChI is InChI=1S/C15H21FN2O3/c1-18(15(19)13-7-11(20-2)8-17-13)9-10-4-5-14(21-3)12(16)6-10/h4-6,11,13,17H,7-9H2,1-3H3. The Bertz CT molecular complexity index is 510. The van der Waals surface area contributed by atoms with Gasteiger partial charge in [-0.05, 0) is 24.1 Å². The van der Waals surface area contributed by atoms with Crippen molar-refractivity contribution in [3.8, 4) is 5.75 Å². The van der Waals surface area contributed by atoms with E-state index in [2.05, 4.69) is 5.32 Å². The van der Waals surface area contributed by atoms with Gasteiger partial charge in [-0.1, -0.05) is 6.07 Å². The number of carbonyl (C=O) groups is 1. The maximum atomic E-state index is 13.6. The van der Waals surface area contributed by atoms with E-state index < -0.39 is 5.82 Å². The molecule has 1 N–H and O–H groups in total. The maximum Gasteiger partial charge on any atom is 0.239 e. The molecule has 0 aromatic heterocycles. The van der Waals surface area contributed by atoms with Gasteiger partial charge in [0.1, 0.15) is 0 Å². The number of carbonyl (C=O) groups excluding carboxylic acids is 1. The molecule has 0 saturated carbocycles. The number of hydrogen-bond acceptors (Lipinski definition) is 4. The highest BCUT2D eigenvalue weighted by atomic mass is 19.1. The Balaban J connectivity index is 1.96. The first-order chi connectivity index (χ1) is 10.0. The third-order valence-electron chi connectivity index (χ3n) is 3.73. The van der Waals surface area contributed by atoms with Crippen LogP contribution < -0.4 is 10.1 Å². The average molecular weight is 296 g/mol. The van der Waals surface area contributed by atoms with Crippen molar-refractivity contribution >= 4 is 5.91 Å². The molecule has 5 nitrogen and oxygen atoms in total. The largest absolute Gasteiger partial charge is 0.494 e. The first kappa shape index (κ1) is 15.7. The van der Waals surface area contributed by atoms with E-state index in [0.29, 0.717) is 19.5 Å². The van der Waals surface area contributed by atoms with Crippen LogP contribution in [0.15, 0.2) is 18.2 Å². The molecular weight excluding hydrogens is 275 g/mol. The molecule has 6 heteroatoms. The van der Waals surface area contributed by atoms with E-state index in [1.165, 1.54) is 13.2 Å². The van der Waals surface area contributed by atoms with Gasteiger partial charge in [0.15, 0.2) is 11.6 Å². The monoisotopic (exact) mass is 296 g/mol. The number of ether oxygens (including phenoxy) is 2. The fourth-order valence-corrected chi connectivity index (χ4v) is 2.50. The van der Waals surface area contributed by atoms with Gasteiger partial charge < -0.3 is 19.7 Å². The summed E-state index contributed by atoms with van der Waals surface area (Å²) in [5.74, 6) is -0.229.